The van der Waals surface area contributed by atoms with Gasteiger partial charge in [0.1, 0.15) is 5.60 Å². The van der Waals surface area contributed by atoms with E-state index in [2.05, 4.69) is 26.3 Å². The summed E-state index contributed by atoms with van der Waals surface area (Å²) in [6, 6.07) is 7.94. The number of rotatable bonds is 4. The Morgan fingerprint density at radius 3 is 2.30 bits per heavy atom. The van der Waals surface area contributed by atoms with E-state index in [1.165, 1.54) is 5.56 Å². The zero-order chi connectivity index (χ0) is 20.5. The Hall–Kier alpha value is -1.92. The van der Waals surface area contributed by atoms with Crippen molar-refractivity contribution in [3.8, 4) is 0 Å². The zero-order valence-corrected chi connectivity index (χ0v) is 17.6. The summed E-state index contributed by atoms with van der Waals surface area (Å²) in [4.78, 5) is 24.2. The Balaban J connectivity index is 0.000000445. The van der Waals surface area contributed by atoms with Crippen molar-refractivity contribution in [2.24, 2.45) is 0 Å². The Morgan fingerprint density at radius 1 is 1.19 bits per heavy atom. The first-order valence-electron chi connectivity index (χ1n) is 9.46. The van der Waals surface area contributed by atoms with E-state index in [-0.39, 0.29) is 17.0 Å². The number of amides is 1. The molecule has 0 aromatic heterocycles. The Morgan fingerprint density at radius 2 is 1.81 bits per heavy atom. The van der Waals surface area contributed by atoms with E-state index in [9.17, 15) is 9.59 Å². The highest BCUT2D eigenvalue weighted by atomic mass is 16.5. The number of nitrogens with zero attached hydrogens (tertiary/aromatic N) is 1. The van der Waals surface area contributed by atoms with Crippen molar-refractivity contribution in [3.05, 3.63) is 35.4 Å². The van der Waals surface area contributed by atoms with Gasteiger partial charge in [0.15, 0.2) is 0 Å². The van der Waals surface area contributed by atoms with Crippen LogP contribution in [0.3, 0.4) is 0 Å². The summed E-state index contributed by atoms with van der Waals surface area (Å²) in [6.45, 7) is 17.0. The zero-order valence-electron chi connectivity index (χ0n) is 17.6. The van der Waals surface area contributed by atoms with Gasteiger partial charge in [-0.15, -0.1) is 0 Å². The minimum absolute atomic E-state index is 0.000314. The minimum atomic E-state index is -0.318. The lowest BCUT2D eigenvalue weighted by atomic mass is 10.1. The van der Waals surface area contributed by atoms with Crippen molar-refractivity contribution >= 4 is 12.4 Å². The van der Waals surface area contributed by atoms with Gasteiger partial charge < -0.3 is 15.4 Å². The SMILES string of the molecule is CC(C)(C)NC(=O)c1cccc(CN2CCNCC2)c1.CC(C)(C)OC=O. The van der Waals surface area contributed by atoms with Crippen LogP contribution in [0.15, 0.2) is 24.3 Å². The van der Waals surface area contributed by atoms with Crippen LogP contribution in [0, 0.1) is 0 Å². The number of piperazine rings is 1. The molecule has 152 valence electrons. The van der Waals surface area contributed by atoms with Crippen molar-refractivity contribution in [3.63, 3.8) is 0 Å². The van der Waals surface area contributed by atoms with Crippen molar-refractivity contribution in [1.82, 2.24) is 15.5 Å². The van der Waals surface area contributed by atoms with Crippen molar-refractivity contribution in [1.29, 1.82) is 0 Å². The highest BCUT2D eigenvalue weighted by Crippen LogP contribution is 2.11. The molecule has 27 heavy (non-hydrogen) atoms. The molecule has 2 N–H and O–H groups in total. The molecule has 1 aliphatic heterocycles. The molecule has 0 aliphatic carbocycles. The van der Waals surface area contributed by atoms with Gasteiger partial charge in [-0.3, -0.25) is 14.5 Å². The van der Waals surface area contributed by atoms with E-state index in [1.54, 1.807) is 0 Å². The van der Waals surface area contributed by atoms with Gasteiger partial charge in [0.05, 0.1) is 0 Å². The number of hydrogen-bond donors (Lipinski definition) is 2. The highest BCUT2D eigenvalue weighted by molar-refractivity contribution is 5.94. The summed E-state index contributed by atoms with van der Waals surface area (Å²) in [5, 5.41) is 6.35. The summed E-state index contributed by atoms with van der Waals surface area (Å²) < 4.78 is 4.55. The number of carbonyl (C=O) groups excluding carboxylic acids is 2. The molecule has 1 saturated heterocycles. The molecular formula is C21H35N3O3. The fraction of sp³-hybridized carbons (Fsp3) is 0.619. The van der Waals surface area contributed by atoms with E-state index in [4.69, 9.17) is 0 Å². The topological polar surface area (TPSA) is 70.7 Å². The van der Waals surface area contributed by atoms with E-state index in [0.717, 1.165) is 38.3 Å². The van der Waals surface area contributed by atoms with Crippen LogP contribution in [0.4, 0.5) is 0 Å². The smallest absolute Gasteiger partial charge is 0.293 e. The van der Waals surface area contributed by atoms with Crippen LogP contribution in [-0.2, 0) is 16.1 Å². The monoisotopic (exact) mass is 377 g/mol. The first kappa shape index (κ1) is 23.1. The van der Waals surface area contributed by atoms with Gasteiger partial charge in [-0.25, -0.2) is 0 Å². The molecule has 6 nitrogen and oxygen atoms in total. The molecule has 0 saturated carbocycles. The van der Waals surface area contributed by atoms with E-state index in [1.807, 2.05) is 59.7 Å². The Kier molecular flexibility index (Phi) is 8.93. The molecule has 0 bridgehead atoms. The van der Waals surface area contributed by atoms with Crippen LogP contribution in [0.25, 0.3) is 0 Å². The third-order valence-corrected chi connectivity index (χ3v) is 3.70. The third kappa shape index (κ3) is 10.7. The minimum Gasteiger partial charge on any atom is -0.462 e. The molecule has 0 unspecified atom stereocenters. The number of benzene rings is 1. The van der Waals surface area contributed by atoms with Crippen LogP contribution in [0.1, 0.15) is 57.5 Å². The number of hydrogen-bond acceptors (Lipinski definition) is 5. The second-order valence-electron chi connectivity index (χ2n) is 8.76. The Bertz CT molecular complexity index is 597. The van der Waals surface area contributed by atoms with Crippen molar-refractivity contribution in [2.45, 2.75) is 59.2 Å². The largest absolute Gasteiger partial charge is 0.462 e. The molecule has 2 rings (SSSR count). The third-order valence-electron chi connectivity index (χ3n) is 3.70. The lowest BCUT2D eigenvalue weighted by Crippen LogP contribution is -2.43. The maximum atomic E-state index is 12.2. The van der Waals surface area contributed by atoms with Crippen LogP contribution >= 0.6 is 0 Å². The molecule has 6 heteroatoms. The molecule has 0 atom stereocenters. The van der Waals surface area contributed by atoms with Crippen molar-refractivity contribution in [2.75, 3.05) is 26.2 Å². The molecular weight excluding hydrogens is 342 g/mol. The van der Waals surface area contributed by atoms with Gasteiger partial charge in [0.25, 0.3) is 12.4 Å². The van der Waals surface area contributed by atoms with E-state index in [0.29, 0.717) is 6.47 Å². The van der Waals surface area contributed by atoms with E-state index >= 15 is 0 Å². The van der Waals surface area contributed by atoms with Gasteiger partial charge in [0.2, 0.25) is 0 Å². The Labute approximate surface area is 163 Å². The average molecular weight is 378 g/mol. The second kappa shape index (κ2) is 10.4. The van der Waals surface area contributed by atoms with Gasteiger partial charge in [-0.05, 0) is 59.2 Å². The predicted molar refractivity (Wildman–Crippen MR) is 109 cm³/mol. The second-order valence-corrected chi connectivity index (χ2v) is 8.76. The van der Waals surface area contributed by atoms with Crippen LogP contribution in [0.2, 0.25) is 0 Å². The number of carbonyl (C=O) groups is 2. The maximum absolute atomic E-state index is 12.2. The summed E-state index contributed by atoms with van der Waals surface area (Å²) in [5.74, 6) is -0.000314. The maximum Gasteiger partial charge on any atom is 0.293 e. The van der Waals surface area contributed by atoms with Gasteiger partial charge in [-0.2, -0.15) is 0 Å². The predicted octanol–water partition coefficient (Wildman–Crippen LogP) is 2.58. The molecule has 0 radical (unpaired) electrons. The molecule has 1 aromatic carbocycles. The fourth-order valence-electron chi connectivity index (χ4n) is 2.50. The summed E-state index contributed by atoms with van der Waals surface area (Å²) in [6.07, 6.45) is 0. The number of ether oxygens (including phenoxy) is 1. The molecule has 1 aliphatic rings. The first-order valence-corrected chi connectivity index (χ1v) is 9.46. The first-order chi connectivity index (χ1) is 12.5. The summed E-state index contributed by atoms with van der Waals surface area (Å²) >= 11 is 0. The molecule has 1 heterocycles. The molecule has 1 fully saturated rings. The fourth-order valence-corrected chi connectivity index (χ4v) is 2.50. The standard InChI is InChI=1S/C16H25N3O.C5H10O2/c1-16(2,3)18-15(20)14-6-4-5-13(11-14)12-19-9-7-17-8-10-19;1-5(2,3)7-4-6/h4-6,11,17H,7-10,12H2,1-3H3,(H,18,20);4H,1-3H3. The number of nitrogens with one attached hydrogen (secondary N) is 2. The molecule has 1 amide bonds. The lowest BCUT2D eigenvalue weighted by Gasteiger charge is -2.27. The van der Waals surface area contributed by atoms with Crippen LogP contribution in [-0.4, -0.2) is 54.6 Å². The van der Waals surface area contributed by atoms with E-state index < -0.39 is 0 Å². The lowest BCUT2D eigenvalue weighted by molar-refractivity contribution is -0.138. The summed E-state index contributed by atoms with van der Waals surface area (Å²) in [5.41, 5.74) is 1.42. The van der Waals surface area contributed by atoms with Gasteiger partial charge in [0, 0.05) is 43.8 Å². The quantitative estimate of drug-likeness (QED) is 0.789. The average Bonchev–Trinajstić information content (AvgIpc) is 2.54. The molecule has 1 aromatic rings. The molecule has 0 spiro atoms. The van der Waals surface area contributed by atoms with Gasteiger partial charge >= 0.3 is 0 Å². The highest BCUT2D eigenvalue weighted by Gasteiger charge is 2.16. The van der Waals surface area contributed by atoms with Crippen molar-refractivity contribution < 1.29 is 14.3 Å². The summed E-state index contributed by atoms with van der Waals surface area (Å²) in [7, 11) is 0. The normalized spacial score (nSPS) is 15.3. The van der Waals surface area contributed by atoms with Crippen LogP contribution in [0.5, 0.6) is 0 Å². The van der Waals surface area contributed by atoms with Crippen LogP contribution < -0.4 is 10.6 Å². The van der Waals surface area contributed by atoms with Gasteiger partial charge in [-0.1, -0.05) is 12.1 Å².